The Balaban J connectivity index is 1.60. The van der Waals surface area contributed by atoms with Gasteiger partial charge in [-0.05, 0) is 55.3 Å². The Labute approximate surface area is 224 Å². The molecule has 2 aromatic carbocycles. The summed E-state index contributed by atoms with van der Waals surface area (Å²) in [6, 6.07) is 8.17. The second-order valence-corrected chi connectivity index (χ2v) is 8.45. The maximum absolute atomic E-state index is 15.0. The van der Waals surface area contributed by atoms with E-state index >= 15 is 4.39 Å². The van der Waals surface area contributed by atoms with Crippen LogP contribution >= 0.6 is 0 Å². The van der Waals surface area contributed by atoms with Crippen LogP contribution in [0.4, 0.5) is 20.3 Å². The molecule has 0 unspecified atom stereocenters. The highest BCUT2D eigenvalue weighted by Crippen LogP contribution is 2.32. The summed E-state index contributed by atoms with van der Waals surface area (Å²) in [5, 5.41) is 6.09. The van der Waals surface area contributed by atoms with Crippen LogP contribution in [-0.2, 0) is 6.42 Å². The summed E-state index contributed by atoms with van der Waals surface area (Å²) in [5.41, 5.74) is 13.7. The number of nitrogens with zero attached hydrogens (tertiary/aromatic N) is 3. The van der Waals surface area contributed by atoms with Gasteiger partial charge < -0.3 is 26.8 Å². The summed E-state index contributed by atoms with van der Waals surface area (Å²) in [7, 11) is 0. The number of nitrogens with one attached hydrogen (secondary N) is 2. The average Bonchev–Trinajstić information content (AvgIpc) is 3.38. The van der Waals surface area contributed by atoms with E-state index in [2.05, 4.69) is 32.4 Å². The van der Waals surface area contributed by atoms with E-state index in [4.69, 9.17) is 16.2 Å². The van der Waals surface area contributed by atoms with E-state index < -0.39 is 11.6 Å². The van der Waals surface area contributed by atoms with Gasteiger partial charge in [-0.3, -0.25) is 9.20 Å². The average molecular weight is 534 g/mol. The van der Waals surface area contributed by atoms with E-state index in [1.54, 1.807) is 22.7 Å². The third-order valence-electron chi connectivity index (χ3n) is 5.94. The Bertz CT molecular complexity index is 1540. The first kappa shape index (κ1) is 27.5. The number of aromatic nitrogens is 3. The van der Waals surface area contributed by atoms with Crippen molar-refractivity contribution in [3.05, 3.63) is 71.7 Å². The summed E-state index contributed by atoms with van der Waals surface area (Å²) in [6.07, 6.45) is 5.93. The molecule has 0 saturated carbocycles. The number of fused-ring (bicyclic) bond motifs is 1. The molecule has 1 amide bonds. The van der Waals surface area contributed by atoms with Gasteiger partial charge in [-0.1, -0.05) is 18.8 Å². The fourth-order valence-corrected chi connectivity index (χ4v) is 4.01. The van der Waals surface area contributed by atoms with Crippen molar-refractivity contribution in [2.75, 3.05) is 31.6 Å². The predicted molar refractivity (Wildman–Crippen MR) is 146 cm³/mol. The highest BCUT2D eigenvalue weighted by Gasteiger charge is 2.20. The molecule has 11 heteroatoms. The lowest BCUT2D eigenvalue weighted by atomic mass is 10.0. The van der Waals surface area contributed by atoms with Crippen molar-refractivity contribution in [1.82, 2.24) is 19.7 Å². The zero-order valence-corrected chi connectivity index (χ0v) is 21.4. The van der Waals surface area contributed by atoms with Crippen molar-refractivity contribution in [1.29, 1.82) is 0 Å². The van der Waals surface area contributed by atoms with Crippen molar-refractivity contribution >= 4 is 23.1 Å². The molecule has 202 valence electrons. The van der Waals surface area contributed by atoms with Crippen LogP contribution in [-0.4, -0.2) is 46.5 Å². The Morgan fingerprint density at radius 2 is 1.97 bits per heavy atom. The largest absolute Gasteiger partial charge is 0.478 e. The zero-order valence-electron chi connectivity index (χ0n) is 21.4. The lowest BCUT2D eigenvalue weighted by Gasteiger charge is -2.13. The summed E-state index contributed by atoms with van der Waals surface area (Å²) in [5.74, 6) is 3.02. The number of amides is 1. The van der Waals surface area contributed by atoms with Crippen LogP contribution in [0.25, 0.3) is 16.9 Å². The van der Waals surface area contributed by atoms with Gasteiger partial charge in [-0.15, -0.1) is 0 Å². The van der Waals surface area contributed by atoms with Crippen molar-refractivity contribution in [3.8, 4) is 28.8 Å². The van der Waals surface area contributed by atoms with Gasteiger partial charge in [0.25, 0.3) is 5.91 Å². The molecule has 0 spiro atoms. The first-order chi connectivity index (χ1) is 19.0. The van der Waals surface area contributed by atoms with Gasteiger partial charge in [0.1, 0.15) is 6.61 Å². The van der Waals surface area contributed by atoms with Gasteiger partial charge >= 0.3 is 0 Å². The van der Waals surface area contributed by atoms with Crippen LogP contribution in [0.5, 0.6) is 5.75 Å². The van der Waals surface area contributed by atoms with E-state index in [1.165, 1.54) is 24.5 Å². The van der Waals surface area contributed by atoms with E-state index in [9.17, 15) is 9.18 Å². The van der Waals surface area contributed by atoms with Gasteiger partial charge in [0.2, 0.25) is 5.82 Å². The number of rotatable bonds is 10. The molecule has 0 fully saturated rings. The monoisotopic (exact) mass is 533 g/mol. The number of benzene rings is 2. The van der Waals surface area contributed by atoms with Crippen LogP contribution < -0.4 is 26.8 Å². The van der Waals surface area contributed by atoms with Crippen LogP contribution in [0.1, 0.15) is 29.3 Å². The lowest BCUT2D eigenvalue weighted by molar-refractivity contribution is 0.0952. The lowest BCUT2D eigenvalue weighted by Crippen LogP contribution is -2.26. The molecule has 0 aliphatic heterocycles. The van der Waals surface area contributed by atoms with E-state index in [0.717, 1.165) is 5.56 Å². The Morgan fingerprint density at radius 1 is 1.13 bits per heavy atom. The molecule has 0 radical (unpaired) electrons. The van der Waals surface area contributed by atoms with Gasteiger partial charge in [0, 0.05) is 35.8 Å². The number of carbonyl (C=O) groups is 1. The van der Waals surface area contributed by atoms with Gasteiger partial charge in [0.15, 0.2) is 23.0 Å². The maximum atomic E-state index is 15.0. The highest BCUT2D eigenvalue weighted by atomic mass is 19.2. The predicted octanol–water partition coefficient (Wildman–Crippen LogP) is 3.40. The molecular weight excluding hydrogens is 504 g/mol. The van der Waals surface area contributed by atoms with Crippen molar-refractivity contribution in [2.45, 2.75) is 19.8 Å². The van der Waals surface area contributed by atoms with Crippen LogP contribution in [0.3, 0.4) is 0 Å². The minimum absolute atomic E-state index is 0.0100. The SMILES string of the molecule is CCc1cc(Nc2nccn3c(-c4ccc(OCC#CCN)c(F)c4F)cnc23)ccc1C(=O)NCCCN. The second-order valence-electron chi connectivity index (χ2n) is 8.45. The fraction of sp³-hybridized carbons (Fsp3) is 0.250. The topological polar surface area (TPSA) is 133 Å². The second kappa shape index (κ2) is 12.8. The number of halogens is 2. The molecule has 4 rings (SSSR count). The molecular formula is C28H29F2N7O2. The molecule has 4 aromatic rings. The van der Waals surface area contributed by atoms with E-state index in [-0.39, 0.29) is 30.4 Å². The van der Waals surface area contributed by atoms with Crippen molar-refractivity contribution in [2.24, 2.45) is 11.5 Å². The molecule has 39 heavy (non-hydrogen) atoms. The normalized spacial score (nSPS) is 10.7. The number of hydrogen-bond donors (Lipinski definition) is 4. The molecule has 0 atom stereocenters. The third-order valence-corrected chi connectivity index (χ3v) is 5.94. The van der Waals surface area contributed by atoms with Crippen LogP contribution in [0.15, 0.2) is 48.9 Å². The smallest absolute Gasteiger partial charge is 0.251 e. The van der Waals surface area contributed by atoms with Gasteiger partial charge in [-0.25, -0.2) is 14.4 Å². The molecule has 0 saturated heterocycles. The molecule has 0 bridgehead atoms. The number of carbonyl (C=O) groups excluding carboxylic acids is 1. The zero-order chi connectivity index (χ0) is 27.8. The Morgan fingerprint density at radius 3 is 2.74 bits per heavy atom. The van der Waals surface area contributed by atoms with Crippen molar-refractivity contribution in [3.63, 3.8) is 0 Å². The Kier molecular flexibility index (Phi) is 9.04. The van der Waals surface area contributed by atoms with Crippen LogP contribution in [0, 0.1) is 23.5 Å². The Hall–Kier alpha value is -4.53. The number of nitrogens with two attached hydrogens (primary N) is 2. The quantitative estimate of drug-likeness (QED) is 0.181. The number of aryl methyl sites for hydroxylation is 1. The number of imidazole rings is 1. The molecule has 0 aliphatic carbocycles. The van der Waals surface area contributed by atoms with Gasteiger partial charge in [-0.2, -0.15) is 4.39 Å². The number of hydrogen-bond acceptors (Lipinski definition) is 7. The first-order valence-electron chi connectivity index (χ1n) is 12.5. The first-order valence-corrected chi connectivity index (χ1v) is 12.5. The van der Waals surface area contributed by atoms with Crippen molar-refractivity contribution < 1.29 is 18.3 Å². The number of ether oxygens (including phenoxy) is 1. The third kappa shape index (κ3) is 6.14. The molecule has 9 nitrogen and oxygen atoms in total. The molecule has 2 aromatic heterocycles. The van der Waals surface area contributed by atoms with E-state index in [0.29, 0.717) is 54.3 Å². The molecule has 2 heterocycles. The fourth-order valence-electron chi connectivity index (χ4n) is 4.01. The molecule has 6 N–H and O–H groups in total. The van der Waals surface area contributed by atoms with Gasteiger partial charge in [0.05, 0.1) is 18.4 Å². The maximum Gasteiger partial charge on any atom is 0.251 e. The molecule has 0 aliphatic rings. The van der Waals surface area contributed by atoms with E-state index in [1.807, 2.05) is 13.0 Å². The standard InChI is InChI=1S/C28H29F2N7O2/c1-2-18-16-19(6-7-20(18)28(38)34-12-5-11-32)36-26-27-35-17-22(37(27)14-13-33-26)21-8-9-23(25(30)24(21)29)39-15-4-3-10-31/h6-9,13-14,16-17H,2,5,10-12,15,31-32H2,1H3,(H,33,36)(H,34,38). The summed E-state index contributed by atoms with van der Waals surface area (Å²) < 4.78 is 36.6. The van der Waals surface area contributed by atoms with Crippen LogP contribution in [0.2, 0.25) is 0 Å². The highest BCUT2D eigenvalue weighted by molar-refractivity contribution is 5.96. The summed E-state index contributed by atoms with van der Waals surface area (Å²) in [6.45, 7) is 3.02. The number of anilines is 2. The minimum Gasteiger partial charge on any atom is -0.478 e. The summed E-state index contributed by atoms with van der Waals surface area (Å²) in [4.78, 5) is 21.3. The minimum atomic E-state index is -1.12. The summed E-state index contributed by atoms with van der Waals surface area (Å²) >= 11 is 0.